The number of ether oxygens (including phenoxy) is 1. The smallest absolute Gasteiger partial charge is 0.328 e. The summed E-state index contributed by atoms with van der Waals surface area (Å²) in [7, 11) is 1.25. The number of benzene rings is 1. The molecule has 0 radical (unpaired) electrons. The van der Waals surface area contributed by atoms with Crippen molar-refractivity contribution in [3.05, 3.63) is 41.5 Å². The van der Waals surface area contributed by atoms with Gasteiger partial charge in [0.1, 0.15) is 24.0 Å². The van der Waals surface area contributed by atoms with E-state index < -0.39 is 47.4 Å². The average Bonchev–Trinajstić information content (AvgIpc) is 3.27. The van der Waals surface area contributed by atoms with Crippen LogP contribution in [0.25, 0.3) is 0 Å². The highest BCUT2D eigenvalue weighted by molar-refractivity contribution is 5.96. The average molecular weight is 613 g/mol. The predicted molar refractivity (Wildman–Crippen MR) is 159 cm³/mol. The van der Waals surface area contributed by atoms with Crippen LogP contribution in [0.1, 0.15) is 64.4 Å². The van der Waals surface area contributed by atoms with Gasteiger partial charge in [0.25, 0.3) is 5.91 Å². The van der Waals surface area contributed by atoms with Crippen molar-refractivity contribution in [1.82, 2.24) is 5.32 Å². The molecule has 0 unspecified atom stereocenters. The van der Waals surface area contributed by atoms with Gasteiger partial charge in [0.05, 0.1) is 18.9 Å². The Labute approximate surface area is 257 Å². The van der Waals surface area contributed by atoms with Crippen molar-refractivity contribution < 1.29 is 44.4 Å². The molecule has 240 valence electrons. The van der Waals surface area contributed by atoms with E-state index in [9.17, 15) is 34.8 Å². The zero-order chi connectivity index (χ0) is 31.9. The first-order valence-corrected chi connectivity index (χ1v) is 15.5. The molecule has 0 aliphatic heterocycles. The Balaban J connectivity index is 1.23. The van der Waals surface area contributed by atoms with E-state index in [0.29, 0.717) is 31.4 Å². The third-order valence-corrected chi connectivity index (χ3v) is 11.2. The molecule has 44 heavy (non-hydrogen) atoms. The van der Waals surface area contributed by atoms with Gasteiger partial charge in [0, 0.05) is 11.8 Å². The van der Waals surface area contributed by atoms with Crippen LogP contribution in [-0.4, -0.2) is 81.9 Å². The van der Waals surface area contributed by atoms with E-state index in [2.05, 4.69) is 17.4 Å². The fourth-order valence-electron chi connectivity index (χ4n) is 8.98. The lowest BCUT2D eigenvalue weighted by atomic mass is 9.45. The molecule has 4 aliphatic rings. The molecule has 0 spiro atoms. The van der Waals surface area contributed by atoms with Gasteiger partial charge in [-0.15, -0.1) is 0 Å². The molecule has 4 aliphatic carbocycles. The van der Waals surface area contributed by atoms with Crippen LogP contribution < -0.4 is 5.32 Å². The number of phenolic OH excluding ortho intramolecular Hbond substituents is 1. The van der Waals surface area contributed by atoms with E-state index in [-0.39, 0.29) is 41.9 Å². The van der Waals surface area contributed by atoms with Crippen molar-refractivity contribution in [2.75, 3.05) is 20.3 Å². The van der Waals surface area contributed by atoms with Gasteiger partial charge in [0.2, 0.25) is 0 Å². The van der Waals surface area contributed by atoms with Crippen molar-refractivity contribution >= 4 is 23.4 Å². The molecule has 3 fully saturated rings. The topological polar surface area (TPSA) is 175 Å². The zero-order valence-electron chi connectivity index (χ0n) is 25.6. The van der Waals surface area contributed by atoms with Crippen molar-refractivity contribution in [1.29, 1.82) is 0 Å². The molecular formula is C33H44N2O9. The van der Waals surface area contributed by atoms with Crippen molar-refractivity contribution in [3.8, 4) is 5.75 Å². The Morgan fingerprint density at radius 2 is 1.84 bits per heavy atom. The molecule has 5 N–H and O–H groups in total. The molecule has 1 aromatic carbocycles. The molecule has 0 heterocycles. The number of carbonyl (C=O) groups excluding carboxylic acids is 3. The fourth-order valence-corrected chi connectivity index (χ4v) is 8.98. The highest BCUT2D eigenvalue weighted by Crippen LogP contribution is 2.67. The summed E-state index contributed by atoms with van der Waals surface area (Å²) in [5.74, 6) is -1.38. The number of hydrogen-bond acceptors (Lipinski definition) is 10. The number of phenols is 1. The monoisotopic (exact) mass is 612 g/mol. The van der Waals surface area contributed by atoms with Crippen LogP contribution in [0.15, 0.2) is 41.1 Å². The number of oxime groups is 1. The molecule has 1 aromatic rings. The van der Waals surface area contributed by atoms with Crippen LogP contribution in [0.3, 0.4) is 0 Å². The number of allylic oxidation sites excluding steroid dienone is 2. The number of fused-ring (bicyclic) bond motifs is 5. The zero-order valence-corrected chi connectivity index (χ0v) is 25.6. The van der Waals surface area contributed by atoms with E-state index in [1.165, 1.54) is 24.8 Å². The number of methoxy groups -OCH3 is 1. The fraction of sp³-hybridized carbons (Fsp3) is 0.636. The summed E-state index contributed by atoms with van der Waals surface area (Å²) >= 11 is 0. The summed E-state index contributed by atoms with van der Waals surface area (Å²) in [6, 6.07) is 5.40. The van der Waals surface area contributed by atoms with E-state index in [0.717, 1.165) is 24.8 Å². The molecule has 11 nitrogen and oxygen atoms in total. The Bertz CT molecular complexity index is 1340. The van der Waals surface area contributed by atoms with Crippen LogP contribution in [0.4, 0.5) is 0 Å². The van der Waals surface area contributed by atoms with Crippen molar-refractivity contribution in [2.45, 2.75) is 83.0 Å². The van der Waals surface area contributed by atoms with Gasteiger partial charge in [-0.1, -0.05) is 36.7 Å². The Morgan fingerprint density at radius 3 is 2.52 bits per heavy atom. The summed E-state index contributed by atoms with van der Waals surface area (Å²) in [4.78, 5) is 42.9. The molecular weight excluding hydrogens is 568 g/mol. The standard InChI is InChI=1S/C33H44N2O9/c1-31-12-10-21(35-44-18-28(40)34-25(30(41)43-3)14-19-4-7-22(37)8-5-19)15-20(31)6-9-23-24-11-13-33(42,27(39)17-36)32(24,2)16-26(38)29(23)31/h4-5,7-8,15,23-26,29,36-38,42H,6,9-14,16-18H2,1-3H3,(H,34,40)/b35-21+/t23-,24-,25-,26+,29+,31-,32-,33-/m0/s1. The number of carbonyl (C=O) groups is 3. The van der Waals surface area contributed by atoms with Crippen molar-refractivity contribution in [2.24, 2.45) is 33.7 Å². The predicted octanol–water partition coefficient (Wildman–Crippen LogP) is 2.19. The molecule has 1 amide bonds. The highest BCUT2D eigenvalue weighted by atomic mass is 16.6. The minimum atomic E-state index is -1.62. The second kappa shape index (κ2) is 12.3. The molecule has 5 rings (SSSR count). The van der Waals surface area contributed by atoms with Gasteiger partial charge < -0.3 is 35.3 Å². The largest absolute Gasteiger partial charge is 0.508 e. The number of hydrogen-bond donors (Lipinski definition) is 5. The van der Waals surface area contributed by atoms with E-state index in [1.54, 1.807) is 12.1 Å². The van der Waals surface area contributed by atoms with Gasteiger partial charge in [-0.25, -0.2) is 4.79 Å². The maximum atomic E-state index is 12.6. The molecule has 0 aromatic heterocycles. The first kappa shape index (κ1) is 32.1. The van der Waals surface area contributed by atoms with E-state index in [1.807, 2.05) is 13.0 Å². The SMILES string of the molecule is COC(=O)[C@H](Cc1ccc(O)cc1)NC(=O)CO/N=C1/C=C2CC[C@@H]3[C@H]([C@H](O)C[C@@]4(C)[C@H]3CC[C@]4(O)C(=O)CO)[C@@]2(C)CC1. The van der Waals surface area contributed by atoms with Gasteiger partial charge in [-0.2, -0.15) is 0 Å². The number of Topliss-reactive ketones (excluding diaryl/α,β-unsaturated/α-hetero) is 1. The molecule has 3 saturated carbocycles. The van der Waals surface area contributed by atoms with Gasteiger partial charge in [-0.3, -0.25) is 9.59 Å². The number of rotatable bonds is 9. The number of aromatic hydroxyl groups is 1. The third-order valence-electron chi connectivity index (χ3n) is 11.2. The van der Waals surface area contributed by atoms with Crippen LogP contribution in [0.2, 0.25) is 0 Å². The second-order valence-corrected chi connectivity index (χ2v) is 13.5. The maximum absolute atomic E-state index is 12.6. The minimum absolute atomic E-state index is 0.0239. The third kappa shape index (κ3) is 5.54. The first-order chi connectivity index (χ1) is 20.9. The van der Waals surface area contributed by atoms with E-state index in [4.69, 9.17) is 9.57 Å². The Hall–Kier alpha value is -3.28. The lowest BCUT2D eigenvalue weighted by Crippen LogP contribution is -2.62. The molecule has 0 saturated heterocycles. The molecule has 0 bridgehead atoms. The summed E-state index contributed by atoms with van der Waals surface area (Å²) in [5, 5.41) is 48.9. The van der Waals surface area contributed by atoms with Gasteiger partial charge in [0.15, 0.2) is 12.4 Å². The molecule has 8 atom stereocenters. The number of ketones is 1. The van der Waals surface area contributed by atoms with Gasteiger partial charge >= 0.3 is 5.97 Å². The normalized spacial score (nSPS) is 35.9. The lowest BCUT2D eigenvalue weighted by Gasteiger charge is -2.60. The minimum Gasteiger partial charge on any atom is -0.508 e. The van der Waals surface area contributed by atoms with Crippen LogP contribution in [-0.2, 0) is 30.4 Å². The number of nitrogens with zero attached hydrogens (tertiary/aromatic N) is 1. The number of aliphatic hydroxyl groups is 3. The summed E-state index contributed by atoms with van der Waals surface area (Å²) < 4.78 is 4.83. The van der Waals surface area contributed by atoms with Crippen LogP contribution in [0, 0.1) is 28.6 Å². The lowest BCUT2D eigenvalue weighted by molar-refractivity contribution is -0.181. The second-order valence-electron chi connectivity index (χ2n) is 13.5. The van der Waals surface area contributed by atoms with Crippen LogP contribution in [0.5, 0.6) is 5.75 Å². The quantitative estimate of drug-likeness (QED) is 0.207. The number of aliphatic hydroxyl groups excluding tert-OH is 2. The number of nitrogens with one attached hydrogen (secondary N) is 1. The molecule has 11 heteroatoms. The van der Waals surface area contributed by atoms with E-state index >= 15 is 0 Å². The van der Waals surface area contributed by atoms with Crippen molar-refractivity contribution in [3.63, 3.8) is 0 Å². The Morgan fingerprint density at radius 1 is 1.11 bits per heavy atom. The number of esters is 1. The summed E-state index contributed by atoms with van der Waals surface area (Å²) in [6.07, 6.45) is 5.75. The van der Waals surface area contributed by atoms with Crippen LogP contribution >= 0.6 is 0 Å². The summed E-state index contributed by atoms with van der Waals surface area (Å²) in [6.45, 7) is 3.01. The maximum Gasteiger partial charge on any atom is 0.328 e. The summed E-state index contributed by atoms with van der Waals surface area (Å²) in [5.41, 5.74) is -0.0499. The number of amides is 1. The highest BCUT2D eigenvalue weighted by Gasteiger charge is 2.68. The Kier molecular flexibility index (Phi) is 8.94. The van der Waals surface area contributed by atoms with Gasteiger partial charge in [-0.05, 0) is 91.9 Å². The first-order valence-electron chi connectivity index (χ1n) is 15.5.